The van der Waals surface area contributed by atoms with Crippen LogP contribution in [0.1, 0.15) is 0 Å². The molecule has 2 unspecified atom stereocenters. The standard InChI is InChI=1S/C4H9N3O/c1-5-4-3(2-8)6-7-4/h2-7H,1H3. The van der Waals surface area contributed by atoms with Crippen LogP contribution in [0.3, 0.4) is 0 Å². The first kappa shape index (κ1) is 5.68. The van der Waals surface area contributed by atoms with E-state index in [-0.39, 0.29) is 12.2 Å². The number of aldehydes is 1. The molecule has 4 nitrogen and oxygen atoms in total. The third-order valence-corrected chi connectivity index (χ3v) is 1.22. The van der Waals surface area contributed by atoms with Crippen LogP contribution in [0.15, 0.2) is 0 Å². The molecule has 1 rings (SSSR count). The number of nitrogens with one attached hydrogen (secondary N) is 3. The molecule has 0 amide bonds. The van der Waals surface area contributed by atoms with E-state index in [1.165, 1.54) is 0 Å². The van der Waals surface area contributed by atoms with Gasteiger partial charge in [-0.2, -0.15) is 0 Å². The summed E-state index contributed by atoms with van der Waals surface area (Å²) < 4.78 is 0. The molecule has 0 aliphatic carbocycles. The van der Waals surface area contributed by atoms with E-state index in [2.05, 4.69) is 16.2 Å². The van der Waals surface area contributed by atoms with Crippen molar-refractivity contribution in [1.29, 1.82) is 0 Å². The second-order valence-corrected chi connectivity index (χ2v) is 1.72. The van der Waals surface area contributed by atoms with Gasteiger partial charge in [0.1, 0.15) is 12.3 Å². The zero-order valence-electron chi connectivity index (χ0n) is 4.64. The minimum Gasteiger partial charge on any atom is -0.302 e. The summed E-state index contributed by atoms with van der Waals surface area (Å²) in [6.07, 6.45) is 0.991. The first-order valence-corrected chi connectivity index (χ1v) is 2.52. The third-order valence-electron chi connectivity index (χ3n) is 1.22. The Morgan fingerprint density at radius 1 is 1.62 bits per heavy atom. The van der Waals surface area contributed by atoms with E-state index >= 15 is 0 Å². The number of hydrogen-bond donors (Lipinski definition) is 3. The third kappa shape index (κ3) is 0.730. The minimum atomic E-state index is -0.0556. The van der Waals surface area contributed by atoms with Crippen LogP contribution < -0.4 is 16.2 Å². The molecule has 0 aromatic rings. The van der Waals surface area contributed by atoms with E-state index in [0.717, 1.165) is 6.29 Å². The average Bonchev–Trinajstić information content (AvgIpc) is 1.66. The second kappa shape index (κ2) is 2.21. The molecule has 0 spiro atoms. The van der Waals surface area contributed by atoms with Gasteiger partial charge in [0.15, 0.2) is 0 Å². The monoisotopic (exact) mass is 115 g/mol. The van der Waals surface area contributed by atoms with Crippen LogP contribution in [-0.4, -0.2) is 25.5 Å². The summed E-state index contributed by atoms with van der Waals surface area (Å²) in [5, 5.41) is 2.90. The number of rotatable bonds is 2. The van der Waals surface area contributed by atoms with Gasteiger partial charge in [0.25, 0.3) is 0 Å². The Balaban J connectivity index is 2.26. The Bertz CT molecular complexity index is 93.3. The molecule has 1 fully saturated rings. The highest BCUT2D eigenvalue weighted by Gasteiger charge is 2.26. The number of hydrazine groups is 1. The fraction of sp³-hybridized carbons (Fsp3) is 0.750. The molecule has 1 aliphatic rings. The van der Waals surface area contributed by atoms with Crippen LogP contribution in [0.4, 0.5) is 0 Å². The zero-order valence-corrected chi connectivity index (χ0v) is 4.64. The van der Waals surface area contributed by atoms with Gasteiger partial charge in [-0.15, -0.1) is 0 Å². The molecule has 1 heterocycles. The highest BCUT2D eigenvalue weighted by atomic mass is 16.1. The van der Waals surface area contributed by atoms with Crippen LogP contribution in [0.2, 0.25) is 0 Å². The maximum absolute atomic E-state index is 10.0. The molecule has 0 saturated carbocycles. The largest absolute Gasteiger partial charge is 0.302 e. The van der Waals surface area contributed by atoms with Crippen LogP contribution in [0, 0.1) is 0 Å². The van der Waals surface area contributed by atoms with Gasteiger partial charge in [-0.3, -0.25) is 0 Å². The molecule has 1 saturated heterocycles. The fourth-order valence-corrected chi connectivity index (χ4v) is 0.627. The number of hydrogen-bond acceptors (Lipinski definition) is 4. The van der Waals surface area contributed by atoms with Crippen molar-refractivity contribution in [3.63, 3.8) is 0 Å². The summed E-state index contributed by atoms with van der Waals surface area (Å²) in [5.74, 6) is 0. The maximum Gasteiger partial charge on any atom is 0.141 e. The SMILES string of the molecule is CNC1NNC1C=O. The first-order chi connectivity index (χ1) is 3.88. The molecule has 0 radical (unpaired) electrons. The zero-order chi connectivity index (χ0) is 5.98. The van der Waals surface area contributed by atoms with Gasteiger partial charge in [-0.05, 0) is 7.05 Å². The quantitative estimate of drug-likeness (QED) is 0.372. The van der Waals surface area contributed by atoms with Crippen molar-refractivity contribution in [1.82, 2.24) is 16.2 Å². The molecule has 46 valence electrons. The lowest BCUT2D eigenvalue weighted by Gasteiger charge is -2.34. The molecule has 0 aromatic carbocycles. The van der Waals surface area contributed by atoms with Crippen molar-refractivity contribution >= 4 is 6.29 Å². The Morgan fingerprint density at radius 3 is 2.50 bits per heavy atom. The van der Waals surface area contributed by atoms with E-state index in [0.29, 0.717) is 0 Å². The highest BCUT2D eigenvalue weighted by molar-refractivity contribution is 5.60. The fourth-order valence-electron chi connectivity index (χ4n) is 0.627. The van der Waals surface area contributed by atoms with Crippen molar-refractivity contribution in [3.8, 4) is 0 Å². The molecule has 0 aromatic heterocycles. The van der Waals surface area contributed by atoms with Crippen LogP contribution in [-0.2, 0) is 4.79 Å². The minimum absolute atomic E-state index is 0.0556. The topological polar surface area (TPSA) is 53.2 Å². The molecule has 3 N–H and O–H groups in total. The van der Waals surface area contributed by atoms with Gasteiger partial charge in [0.2, 0.25) is 0 Å². The first-order valence-electron chi connectivity index (χ1n) is 2.52. The van der Waals surface area contributed by atoms with Gasteiger partial charge in [-0.1, -0.05) is 0 Å². The summed E-state index contributed by atoms with van der Waals surface area (Å²) in [7, 11) is 1.80. The van der Waals surface area contributed by atoms with Crippen molar-refractivity contribution < 1.29 is 4.79 Å². The Hall–Kier alpha value is -0.450. The van der Waals surface area contributed by atoms with E-state index in [1.54, 1.807) is 7.05 Å². The lowest BCUT2D eigenvalue weighted by molar-refractivity contribution is -0.113. The van der Waals surface area contributed by atoms with E-state index < -0.39 is 0 Å². The molecule has 2 atom stereocenters. The summed E-state index contributed by atoms with van der Waals surface area (Å²) in [6.45, 7) is 0. The predicted octanol–water partition coefficient (Wildman–Crippen LogP) is -1.79. The molecule has 1 aliphatic heterocycles. The van der Waals surface area contributed by atoms with Gasteiger partial charge < -0.3 is 10.1 Å². The predicted molar refractivity (Wildman–Crippen MR) is 29.0 cm³/mol. The van der Waals surface area contributed by atoms with Gasteiger partial charge in [-0.25, -0.2) is 10.9 Å². The molecular weight excluding hydrogens is 106 g/mol. The Labute approximate surface area is 47.6 Å². The van der Waals surface area contributed by atoms with Crippen molar-refractivity contribution in [2.75, 3.05) is 7.05 Å². The molecule has 0 bridgehead atoms. The van der Waals surface area contributed by atoms with Gasteiger partial charge in [0.05, 0.1) is 6.17 Å². The average molecular weight is 115 g/mol. The number of carbonyl (C=O) groups excluding carboxylic acids is 1. The normalized spacial score (nSPS) is 36.1. The lowest BCUT2D eigenvalue weighted by atomic mass is 10.2. The molecule has 4 heteroatoms. The number of likely N-dealkylation sites (N-methyl/N-ethyl adjacent to an activating group) is 1. The second-order valence-electron chi connectivity index (χ2n) is 1.72. The molecular formula is C4H9N3O. The van der Waals surface area contributed by atoms with Crippen LogP contribution in [0.25, 0.3) is 0 Å². The highest BCUT2D eigenvalue weighted by Crippen LogP contribution is 1.91. The Kier molecular flexibility index (Phi) is 1.57. The van der Waals surface area contributed by atoms with E-state index in [4.69, 9.17) is 0 Å². The van der Waals surface area contributed by atoms with Gasteiger partial charge in [0, 0.05) is 0 Å². The van der Waals surface area contributed by atoms with Gasteiger partial charge >= 0.3 is 0 Å². The summed E-state index contributed by atoms with van der Waals surface area (Å²) in [5.41, 5.74) is 5.52. The van der Waals surface area contributed by atoms with E-state index in [9.17, 15) is 4.79 Å². The van der Waals surface area contributed by atoms with Crippen LogP contribution >= 0.6 is 0 Å². The number of carbonyl (C=O) groups is 1. The van der Waals surface area contributed by atoms with E-state index in [1.807, 2.05) is 0 Å². The summed E-state index contributed by atoms with van der Waals surface area (Å²) in [6, 6.07) is -0.0556. The van der Waals surface area contributed by atoms with Crippen molar-refractivity contribution in [3.05, 3.63) is 0 Å². The van der Waals surface area contributed by atoms with Crippen molar-refractivity contribution in [2.45, 2.75) is 12.2 Å². The maximum atomic E-state index is 10.0. The lowest BCUT2D eigenvalue weighted by Crippen LogP contribution is -2.72. The molecule has 8 heavy (non-hydrogen) atoms. The Morgan fingerprint density at radius 2 is 2.38 bits per heavy atom. The van der Waals surface area contributed by atoms with Crippen molar-refractivity contribution in [2.24, 2.45) is 0 Å². The summed E-state index contributed by atoms with van der Waals surface area (Å²) in [4.78, 5) is 10.0. The van der Waals surface area contributed by atoms with Crippen LogP contribution in [0.5, 0.6) is 0 Å². The summed E-state index contributed by atoms with van der Waals surface area (Å²) >= 11 is 0. The smallest absolute Gasteiger partial charge is 0.141 e.